The molecule has 0 heterocycles. The number of nitrogens with two attached hydrogens (primary N) is 1. The van der Waals surface area contributed by atoms with Crippen LogP contribution in [0.5, 0.6) is 0 Å². The third kappa shape index (κ3) is 17.9. The second-order valence-corrected chi connectivity index (χ2v) is 10.4. The highest BCUT2D eigenvalue weighted by molar-refractivity contribution is 5.79. The molecule has 12 heteroatoms. The molecule has 0 fully saturated rings. The van der Waals surface area contributed by atoms with Crippen molar-refractivity contribution in [2.24, 2.45) is 5.73 Å². The Morgan fingerprint density at radius 2 is 1.06 bits per heavy atom. The second kappa shape index (κ2) is 14.6. The van der Waals surface area contributed by atoms with E-state index in [1.54, 1.807) is 41.5 Å². The fraction of sp³-hybridized carbons (Fsp3) is 0.818. The Bertz CT molecular complexity index is 622. The van der Waals surface area contributed by atoms with E-state index in [4.69, 9.17) is 15.2 Å². The van der Waals surface area contributed by atoms with E-state index < -0.39 is 23.4 Å². The molecule has 0 unspecified atom stereocenters. The maximum absolute atomic E-state index is 12.4. The van der Waals surface area contributed by atoms with E-state index in [2.05, 4.69) is 21.3 Å². The van der Waals surface area contributed by atoms with Crippen molar-refractivity contribution in [1.29, 1.82) is 0 Å². The van der Waals surface area contributed by atoms with Crippen LogP contribution in [0, 0.1) is 0 Å². The average Bonchev–Trinajstić information content (AvgIpc) is 2.64. The van der Waals surface area contributed by atoms with Crippen LogP contribution in [0.25, 0.3) is 0 Å². The average molecular weight is 490 g/mol. The van der Waals surface area contributed by atoms with Crippen molar-refractivity contribution in [3.8, 4) is 0 Å². The number of likely N-dealkylation sites (N-methyl/N-ethyl adjacent to an activating group) is 1. The lowest BCUT2D eigenvalue weighted by Gasteiger charge is -2.33. The Morgan fingerprint density at radius 1 is 0.706 bits per heavy atom. The van der Waals surface area contributed by atoms with Crippen LogP contribution in [-0.2, 0) is 19.1 Å². The number of amides is 4. The minimum atomic E-state index is -0.595. The summed E-state index contributed by atoms with van der Waals surface area (Å²) in [6.07, 6.45) is -0.455. The number of nitrogens with zero attached hydrogens (tertiary/aromatic N) is 1. The summed E-state index contributed by atoms with van der Waals surface area (Å²) in [6, 6.07) is 0. The topological polar surface area (TPSA) is 161 Å². The van der Waals surface area contributed by atoms with Gasteiger partial charge in [0.25, 0.3) is 11.8 Å². The number of ether oxygens (including phenoxy) is 2. The predicted molar refractivity (Wildman–Crippen MR) is 129 cm³/mol. The Hall–Kier alpha value is -2.60. The molecule has 0 rings (SSSR count). The van der Waals surface area contributed by atoms with Gasteiger partial charge in [-0.05, 0) is 48.1 Å². The van der Waals surface area contributed by atoms with E-state index >= 15 is 0 Å². The first-order valence-corrected chi connectivity index (χ1v) is 11.6. The number of alkyl carbamates (subject to hydrolysis) is 2. The van der Waals surface area contributed by atoms with E-state index in [0.717, 1.165) is 0 Å². The summed E-state index contributed by atoms with van der Waals surface area (Å²) in [5.41, 5.74) is 4.43. The molecule has 0 aliphatic rings. The third-order valence-electron chi connectivity index (χ3n) is 4.18. The zero-order valence-electron chi connectivity index (χ0n) is 21.8. The fourth-order valence-corrected chi connectivity index (χ4v) is 2.85. The normalized spacial score (nSPS) is 11.9. The summed E-state index contributed by atoms with van der Waals surface area (Å²) in [4.78, 5) is 48.1. The SMILES string of the molecule is CC(C)(C)OC(=O)NCCNC(=O)C[N+](C)(CCCN)CC(=O)NCCNC(=O)OC(C)(C)C. The number of hydrogen-bond donors (Lipinski definition) is 5. The van der Waals surface area contributed by atoms with E-state index in [-0.39, 0.29) is 55.6 Å². The summed E-state index contributed by atoms with van der Waals surface area (Å²) in [6.45, 7) is 12.6. The minimum Gasteiger partial charge on any atom is -0.444 e. The van der Waals surface area contributed by atoms with Crippen LogP contribution in [0.2, 0.25) is 0 Å². The molecule has 0 spiro atoms. The van der Waals surface area contributed by atoms with E-state index in [0.29, 0.717) is 19.5 Å². The summed E-state index contributed by atoms with van der Waals surface area (Å²) < 4.78 is 10.4. The molecule has 198 valence electrons. The smallest absolute Gasteiger partial charge is 0.407 e. The molecular weight excluding hydrogens is 444 g/mol. The molecule has 0 aliphatic carbocycles. The van der Waals surface area contributed by atoms with Gasteiger partial charge in [0, 0.05) is 32.6 Å². The predicted octanol–water partition coefficient (Wildman–Crippen LogP) is 0.0636. The van der Waals surface area contributed by atoms with Crippen molar-refractivity contribution in [1.82, 2.24) is 21.3 Å². The molecule has 34 heavy (non-hydrogen) atoms. The van der Waals surface area contributed by atoms with Crippen LogP contribution < -0.4 is 27.0 Å². The van der Waals surface area contributed by atoms with Gasteiger partial charge in [0.2, 0.25) is 0 Å². The molecule has 4 amide bonds. The first-order chi connectivity index (χ1) is 15.6. The van der Waals surface area contributed by atoms with Crippen molar-refractivity contribution in [3.63, 3.8) is 0 Å². The molecule has 0 aromatic carbocycles. The molecule has 0 saturated carbocycles. The van der Waals surface area contributed by atoms with Crippen molar-refractivity contribution in [3.05, 3.63) is 0 Å². The fourth-order valence-electron chi connectivity index (χ4n) is 2.85. The van der Waals surface area contributed by atoms with E-state index in [1.165, 1.54) is 0 Å². The van der Waals surface area contributed by atoms with Gasteiger partial charge in [0.1, 0.15) is 11.2 Å². The second-order valence-electron chi connectivity index (χ2n) is 10.4. The lowest BCUT2D eigenvalue weighted by Crippen LogP contribution is -2.56. The molecule has 0 radical (unpaired) electrons. The Kier molecular flexibility index (Phi) is 13.5. The number of carbonyl (C=O) groups excluding carboxylic acids is 4. The van der Waals surface area contributed by atoms with Gasteiger partial charge in [-0.3, -0.25) is 9.59 Å². The van der Waals surface area contributed by atoms with Gasteiger partial charge in [-0.1, -0.05) is 0 Å². The molecule has 6 N–H and O–H groups in total. The number of quaternary nitrogens is 1. The van der Waals surface area contributed by atoms with Crippen LogP contribution in [-0.4, -0.2) is 99.1 Å². The number of nitrogens with one attached hydrogen (secondary N) is 4. The zero-order valence-corrected chi connectivity index (χ0v) is 21.8. The highest BCUT2D eigenvalue weighted by Gasteiger charge is 2.28. The highest BCUT2D eigenvalue weighted by Crippen LogP contribution is 2.07. The summed E-state index contributed by atoms with van der Waals surface area (Å²) in [5, 5.41) is 10.6. The largest absolute Gasteiger partial charge is 0.444 e. The standard InChI is InChI=1S/C22H44N6O6/c1-21(2,3)33-19(31)26-12-10-24-17(29)15-28(7,14-8-9-23)16-18(30)25-11-13-27-20(32)34-22(4,5)6/h8-16,23H2,1-7H3,(H3-,24,25,26,27,29,30,31,32)/p+1. The maximum Gasteiger partial charge on any atom is 0.407 e. The van der Waals surface area contributed by atoms with Crippen molar-refractivity contribution in [2.75, 3.05) is 59.4 Å². The van der Waals surface area contributed by atoms with Crippen molar-refractivity contribution >= 4 is 24.0 Å². The van der Waals surface area contributed by atoms with Crippen LogP contribution in [0.3, 0.4) is 0 Å². The first-order valence-electron chi connectivity index (χ1n) is 11.6. The first kappa shape index (κ1) is 31.4. The molecular formula is C22H45N6O6+. The molecule has 12 nitrogen and oxygen atoms in total. The zero-order chi connectivity index (χ0) is 26.4. The van der Waals surface area contributed by atoms with Gasteiger partial charge in [-0.15, -0.1) is 0 Å². The Morgan fingerprint density at radius 3 is 1.38 bits per heavy atom. The highest BCUT2D eigenvalue weighted by atomic mass is 16.6. The summed E-state index contributed by atoms with van der Waals surface area (Å²) in [7, 11) is 1.81. The van der Waals surface area contributed by atoms with Gasteiger partial charge in [-0.2, -0.15) is 0 Å². The number of hydrogen-bond acceptors (Lipinski definition) is 7. The van der Waals surface area contributed by atoms with E-state index in [9.17, 15) is 19.2 Å². The monoisotopic (exact) mass is 489 g/mol. The summed E-state index contributed by atoms with van der Waals surface area (Å²) in [5.74, 6) is -0.491. The van der Waals surface area contributed by atoms with Crippen LogP contribution in [0.4, 0.5) is 9.59 Å². The van der Waals surface area contributed by atoms with E-state index in [1.807, 2.05) is 7.05 Å². The molecule has 0 atom stereocenters. The van der Waals surface area contributed by atoms with Gasteiger partial charge in [0.05, 0.1) is 13.6 Å². The number of carbonyl (C=O) groups is 4. The quantitative estimate of drug-likeness (QED) is 0.181. The van der Waals surface area contributed by atoms with Crippen molar-refractivity contribution < 1.29 is 33.1 Å². The van der Waals surface area contributed by atoms with Crippen molar-refractivity contribution in [2.45, 2.75) is 59.2 Å². The van der Waals surface area contributed by atoms with Gasteiger partial charge < -0.3 is 41.0 Å². The number of rotatable bonds is 13. The Labute approximate surface area is 203 Å². The lowest BCUT2D eigenvalue weighted by molar-refractivity contribution is -0.894. The molecule has 0 aliphatic heterocycles. The van der Waals surface area contributed by atoms with Crippen LogP contribution in [0.1, 0.15) is 48.0 Å². The molecule has 0 saturated heterocycles. The summed E-state index contributed by atoms with van der Waals surface area (Å²) >= 11 is 0. The van der Waals surface area contributed by atoms with Gasteiger partial charge >= 0.3 is 12.2 Å². The van der Waals surface area contributed by atoms with Crippen LogP contribution in [0.15, 0.2) is 0 Å². The van der Waals surface area contributed by atoms with Gasteiger partial charge in [0.15, 0.2) is 13.1 Å². The van der Waals surface area contributed by atoms with Gasteiger partial charge in [-0.25, -0.2) is 9.59 Å². The molecule has 0 aromatic rings. The Balaban J connectivity index is 4.47. The maximum atomic E-state index is 12.4. The lowest BCUT2D eigenvalue weighted by atomic mass is 10.2. The minimum absolute atomic E-state index is 0.0794. The van der Waals surface area contributed by atoms with Crippen LogP contribution >= 0.6 is 0 Å². The molecule has 0 bridgehead atoms. The molecule has 0 aromatic heterocycles. The third-order valence-corrected chi connectivity index (χ3v) is 4.18.